The van der Waals surface area contributed by atoms with Crippen LogP contribution < -0.4 is 4.74 Å². The second kappa shape index (κ2) is 8.03. The lowest BCUT2D eigenvalue weighted by Gasteiger charge is -2.55. The Balaban J connectivity index is 1.53. The highest BCUT2D eigenvalue weighted by atomic mass is 35.5. The molecule has 4 nitrogen and oxygen atoms in total. The number of hydrogen-bond donors (Lipinski definition) is 1. The molecule has 0 amide bonds. The van der Waals surface area contributed by atoms with E-state index in [4.69, 9.17) is 25.8 Å². The molecule has 4 atom stereocenters. The zero-order chi connectivity index (χ0) is 19.7. The van der Waals surface area contributed by atoms with E-state index in [9.17, 15) is 5.11 Å². The van der Waals surface area contributed by atoms with Crippen molar-refractivity contribution in [2.24, 2.45) is 0 Å². The van der Waals surface area contributed by atoms with Gasteiger partial charge in [-0.2, -0.15) is 0 Å². The fourth-order valence-electron chi connectivity index (χ4n) is 4.21. The number of aliphatic hydroxyl groups is 1. The molecule has 5 heteroatoms. The number of rotatable bonds is 6. The summed E-state index contributed by atoms with van der Waals surface area (Å²) in [5.74, 6) is 0.873. The molecule has 2 heterocycles. The van der Waals surface area contributed by atoms with Gasteiger partial charge in [0.25, 0.3) is 0 Å². The van der Waals surface area contributed by atoms with Gasteiger partial charge < -0.3 is 19.3 Å². The van der Waals surface area contributed by atoms with E-state index in [2.05, 4.69) is 25.1 Å². The van der Waals surface area contributed by atoms with Crippen LogP contribution in [0.4, 0.5) is 0 Å². The summed E-state index contributed by atoms with van der Waals surface area (Å²) in [5, 5.41) is 11.3. The third-order valence-electron chi connectivity index (χ3n) is 5.88. The first-order chi connectivity index (χ1) is 13.5. The minimum atomic E-state index is -0.502. The minimum Gasteiger partial charge on any atom is -0.494 e. The Kier molecular flexibility index (Phi) is 5.66. The molecule has 2 fully saturated rings. The fourth-order valence-corrected chi connectivity index (χ4v) is 4.40. The van der Waals surface area contributed by atoms with Gasteiger partial charge in [-0.25, -0.2) is 0 Å². The average Bonchev–Trinajstić information content (AvgIpc) is 2.67. The van der Waals surface area contributed by atoms with E-state index in [1.54, 1.807) is 0 Å². The van der Waals surface area contributed by atoms with Crippen LogP contribution in [0.3, 0.4) is 0 Å². The summed E-state index contributed by atoms with van der Waals surface area (Å²) in [6, 6.07) is 14.1. The Bertz CT molecular complexity index is 818. The van der Waals surface area contributed by atoms with Crippen LogP contribution in [0.2, 0.25) is 5.02 Å². The maximum absolute atomic E-state index is 10.5. The van der Waals surface area contributed by atoms with E-state index in [0.717, 1.165) is 34.7 Å². The molecule has 0 unspecified atom stereocenters. The number of hydrogen-bond acceptors (Lipinski definition) is 4. The summed E-state index contributed by atoms with van der Waals surface area (Å²) in [6.45, 7) is 5.27. The van der Waals surface area contributed by atoms with E-state index in [1.807, 2.05) is 31.2 Å². The first-order valence-electron chi connectivity index (χ1n) is 10.0. The van der Waals surface area contributed by atoms with Gasteiger partial charge in [0.2, 0.25) is 0 Å². The fraction of sp³-hybridized carbons (Fsp3) is 0.478. The van der Waals surface area contributed by atoms with Crippen LogP contribution in [-0.2, 0) is 15.9 Å². The quantitative estimate of drug-likeness (QED) is 0.760. The SMILES string of the molecule is CCOc1ccc(Cc2cc([C@H]3C[C@@H](O)[C@@H]4OC[C@]4(CC)O3)ccc2Cl)cc1. The molecule has 2 aromatic rings. The normalized spacial score (nSPS) is 29.1. The predicted octanol–water partition coefficient (Wildman–Crippen LogP) is 4.70. The first kappa shape index (κ1) is 19.7. The molecule has 0 bridgehead atoms. The van der Waals surface area contributed by atoms with Crippen molar-refractivity contribution in [1.82, 2.24) is 0 Å². The van der Waals surface area contributed by atoms with Crippen LogP contribution in [0, 0.1) is 0 Å². The predicted molar refractivity (Wildman–Crippen MR) is 109 cm³/mol. The summed E-state index contributed by atoms with van der Waals surface area (Å²) in [7, 11) is 0. The van der Waals surface area contributed by atoms with Crippen LogP contribution >= 0.6 is 11.6 Å². The third-order valence-corrected chi connectivity index (χ3v) is 6.25. The summed E-state index contributed by atoms with van der Waals surface area (Å²) < 4.78 is 17.5. The maximum atomic E-state index is 10.5. The monoisotopic (exact) mass is 402 g/mol. The number of aliphatic hydroxyl groups excluding tert-OH is 1. The molecule has 28 heavy (non-hydrogen) atoms. The van der Waals surface area contributed by atoms with Gasteiger partial charge in [0, 0.05) is 11.4 Å². The van der Waals surface area contributed by atoms with Gasteiger partial charge in [-0.1, -0.05) is 42.8 Å². The molecule has 4 rings (SSSR count). The molecule has 2 aromatic carbocycles. The Hall–Kier alpha value is -1.59. The van der Waals surface area contributed by atoms with Crippen molar-refractivity contribution in [3.05, 3.63) is 64.2 Å². The van der Waals surface area contributed by atoms with Crippen LogP contribution in [-0.4, -0.2) is 36.1 Å². The van der Waals surface area contributed by atoms with Crippen molar-refractivity contribution < 1.29 is 19.3 Å². The second-order valence-electron chi connectivity index (χ2n) is 7.66. The lowest BCUT2D eigenvalue weighted by molar-refractivity contribution is -0.333. The van der Waals surface area contributed by atoms with Gasteiger partial charge in [-0.3, -0.25) is 0 Å². The lowest BCUT2D eigenvalue weighted by Crippen LogP contribution is -2.67. The Morgan fingerprint density at radius 3 is 2.61 bits per heavy atom. The summed E-state index contributed by atoms with van der Waals surface area (Å²) in [6.07, 6.45) is 1.25. The molecule has 2 saturated heterocycles. The molecule has 0 aliphatic carbocycles. The molecule has 0 spiro atoms. The summed E-state index contributed by atoms with van der Waals surface area (Å²) in [5.41, 5.74) is 2.92. The summed E-state index contributed by atoms with van der Waals surface area (Å²) in [4.78, 5) is 0. The van der Waals surface area contributed by atoms with Crippen molar-refractivity contribution in [2.45, 2.75) is 57.0 Å². The first-order valence-corrected chi connectivity index (χ1v) is 10.4. The van der Waals surface area contributed by atoms with Gasteiger partial charge in [0.15, 0.2) is 0 Å². The highest BCUT2D eigenvalue weighted by molar-refractivity contribution is 6.31. The van der Waals surface area contributed by atoms with Gasteiger partial charge in [-0.05, 0) is 54.7 Å². The number of benzene rings is 2. The van der Waals surface area contributed by atoms with Gasteiger partial charge >= 0.3 is 0 Å². The topological polar surface area (TPSA) is 47.9 Å². The van der Waals surface area contributed by atoms with E-state index in [-0.39, 0.29) is 17.8 Å². The van der Waals surface area contributed by atoms with Crippen LogP contribution in [0.1, 0.15) is 49.5 Å². The van der Waals surface area contributed by atoms with Crippen LogP contribution in [0.5, 0.6) is 5.75 Å². The largest absolute Gasteiger partial charge is 0.494 e. The molecule has 0 aromatic heterocycles. The van der Waals surface area contributed by atoms with Crippen molar-refractivity contribution in [3.8, 4) is 5.75 Å². The molecule has 2 aliphatic heterocycles. The van der Waals surface area contributed by atoms with Crippen LogP contribution in [0.15, 0.2) is 42.5 Å². The van der Waals surface area contributed by atoms with Gasteiger partial charge in [-0.15, -0.1) is 0 Å². The number of ether oxygens (including phenoxy) is 3. The zero-order valence-electron chi connectivity index (χ0n) is 16.4. The van der Waals surface area contributed by atoms with E-state index in [1.165, 1.54) is 5.56 Å². The second-order valence-corrected chi connectivity index (χ2v) is 8.07. The third kappa shape index (κ3) is 3.67. The van der Waals surface area contributed by atoms with Crippen molar-refractivity contribution >= 4 is 11.6 Å². The number of halogens is 1. The molecular formula is C23H27ClO4. The van der Waals surface area contributed by atoms with Crippen molar-refractivity contribution in [2.75, 3.05) is 13.2 Å². The Morgan fingerprint density at radius 1 is 1.18 bits per heavy atom. The Morgan fingerprint density at radius 2 is 1.96 bits per heavy atom. The Labute approximate surface area is 171 Å². The number of fused-ring (bicyclic) bond motifs is 1. The zero-order valence-corrected chi connectivity index (χ0v) is 17.1. The lowest BCUT2D eigenvalue weighted by atomic mass is 9.79. The van der Waals surface area contributed by atoms with Crippen LogP contribution in [0.25, 0.3) is 0 Å². The highest BCUT2D eigenvalue weighted by Crippen LogP contribution is 2.46. The van der Waals surface area contributed by atoms with Gasteiger partial charge in [0.1, 0.15) is 17.5 Å². The minimum absolute atomic E-state index is 0.147. The molecule has 2 aliphatic rings. The average molecular weight is 403 g/mol. The van der Waals surface area contributed by atoms with Crippen molar-refractivity contribution in [1.29, 1.82) is 0 Å². The smallest absolute Gasteiger partial charge is 0.121 e. The van der Waals surface area contributed by atoms with E-state index in [0.29, 0.717) is 19.6 Å². The highest BCUT2D eigenvalue weighted by Gasteiger charge is 2.56. The van der Waals surface area contributed by atoms with Gasteiger partial charge in [0.05, 0.1) is 25.4 Å². The molecule has 0 radical (unpaired) electrons. The summed E-state index contributed by atoms with van der Waals surface area (Å²) >= 11 is 6.48. The molecule has 0 saturated carbocycles. The van der Waals surface area contributed by atoms with E-state index >= 15 is 0 Å². The standard InChI is InChI=1S/C23H27ClO4/c1-3-23-14-27-22(23)20(25)13-21(28-23)16-7-10-19(24)17(12-16)11-15-5-8-18(9-6-15)26-4-2/h5-10,12,20-22,25H,3-4,11,13-14H2,1-2H3/t20-,21-,22+,23+/m1/s1. The molecule has 150 valence electrons. The van der Waals surface area contributed by atoms with Crippen molar-refractivity contribution in [3.63, 3.8) is 0 Å². The van der Waals surface area contributed by atoms with E-state index < -0.39 is 6.10 Å². The maximum Gasteiger partial charge on any atom is 0.121 e. The molecular weight excluding hydrogens is 376 g/mol. The molecule has 1 N–H and O–H groups in total.